The largest absolute Gasteiger partial charge is 0.399 e. The number of rotatable bonds is 1. The zero-order valence-corrected chi connectivity index (χ0v) is 11.4. The first-order valence-electron chi connectivity index (χ1n) is 7.34. The maximum absolute atomic E-state index is 6.12. The highest BCUT2D eigenvalue weighted by Crippen LogP contribution is 2.38. The molecule has 1 aromatic carbocycles. The quantitative estimate of drug-likeness (QED) is 0.768. The van der Waals surface area contributed by atoms with Crippen molar-refractivity contribution < 1.29 is 0 Å². The lowest BCUT2D eigenvalue weighted by Crippen LogP contribution is -2.28. The molecule has 1 fully saturated rings. The number of fused-ring (bicyclic) bond motifs is 1. The van der Waals surface area contributed by atoms with Crippen LogP contribution in [0.4, 0.5) is 5.69 Å². The van der Waals surface area contributed by atoms with Crippen LogP contribution in [0.25, 0.3) is 0 Å². The van der Waals surface area contributed by atoms with Gasteiger partial charge < -0.3 is 10.6 Å². The Bertz CT molecular complexity index is 433. The third-order valence-corrected chi connectivity index (χ3v) is 4.63. The molecular formula is C16H24N2. The number of nitrogens with two attached hydrogens (primary N) is 1. The summed E-state index contributed by atoms with van der Waals surface area (Å²) in [4.78, 5) is 2.40. The molecular weight excluding hydrogens is 220 g/mol. The molecule has 1 heterocycles. The highest BCUT2D eigenvalue weighted by atomic mass is 15.1. The Balaban J connectivity index is 1.97. The van der Waals surface area contributed by atoms with Crippen LogP contribution in [0.1, 0.15) is 54.7 Å². The minimum Gasteiger partial charge on any atom is -0.399 e. The lowest BCUT2D eigenvalue weighted by molar-refractivity contribution is 0.310. The van der Waals surface area contributed by atoms with Crippen LogP contribution < -0.4 is 5.73 Å². The van der Waals surface area contributed by atoms with Crippen molar-refractivity contribution in [3.8, 4) is 0 Å². The summed E-state index contributed by atoms with van der Waals surface area (Å²) < 4.78 is 0. The van der Waals surface area contributed by atoms with Crippen LogP contribution in [0.3, 0.4) is 0 Å². The number of nitrogen functional groups attached to an aromatic ring is 1. The third-order valence-electron chi connectivity index (χ3n) is 4.63. The molecule has 0 atom stereocenters. The van der Waals surface area contributed by atoms with Gasteiger partial charge in [0.1, 0.15) is 0 Å². The molecule has 1 saturated carbocycles. The average Bonchev–Trinajstić information content (AvgIpc) is 2.38. The monoisotopic (exact) mass is 244 g/mol. The normalized spacial score (nSPS) is 21.8. The molecule has 3 rings (SSSR count). The van der Waals surface area contributed by atoms with Crippen LogP contribution in [-0.2, 0) is 13.0 Å². The Morgan fingerprint density at radius 1 is 1.17 bits per heavy atom. The number of nitrogens with zero attached hydrogens (tertiary/aromatic N) is 1. The van der Waals surface area contributed by atoms with Crippen molar-refractivity contribution >= 4 is 5.69 Å². The second kappa shape index (κ2) is 4.93. The van der Waals surface area contributed by atoms with E-state index in [0.717, 1.165) is 18.2 Å². The molecule has 1 aliphatic carbocycles. The van der Waals surface area contributed by atoms with Gasteiger partial charge in [-0.3, -0.25) is 0 Å². The molecule has 0 bridgehead atoms. The van der Waals surface area contributed by atoms with Gasteiger partial charge in [0.25, 0.3) is 0 Å². The lowest BCUT2D eigenvalue weighted by atomic mass is 9.79. The molecule has 18 heavy (non-hydrogen) atoms. The van der Waals surface area contributed by atoms with Gasteiger partial charge >= 0.3 is 0 Å². The van der Waals surface area contributed by atoms with Crippen LogP contribution in [0, 0.1) is 0 Å². The van der Waals surface area contributed by atoms with E-state index < -0.39 is 0 Å². The molecule has 0 radical (unpaired) electrons. The predicted octanol–water partition coefficient (Wildman–Crippen LogP) is 3.30. The maximum Gasteiger partial charge on any atom is 0.0320 e. The molecule has 0 amide bonds. The van der Waals surface area contributed by atoms with Crippen LogP contribution >= 0.6 is 0 Å². The first-order chi connectivity index (χ1) is 8.74. The fourth-order valence-electron chi connectivity index (χ4n) is 3.68. The topological polar surface area (TPSA) is 29.3 Å². The van der Waals surface area contributed by atoms with Gasteiger partial charge in [-0.05, 0) is 61.1 Å². The van der Waals surface area contributed by atoms with E-state index in [2.05, 4.69) is 24.1 Å². The molecule has 0 saturated heterocycles. The minimum absolute atomic E-state index is 0.777. The summed E-state index contributed by atoms with van der Waals surface area (Å²) in [6.45, 7) is 2.26. The van der Waals surface area contributed by atoms with Crippen LogP contribution in [0.5, 0.6) is 0 Å². The second-order valence-electron chi connectivity index (χ2n) is 6.07. The molecule has 98 valence electrons. The highest BCUT2D eigenvalue weighted by molar-refractivity contribution is 5.51. The molecule has 2 aliphatic rings. The molecule has 1 aliphatic heterocycles. The van der Waals surface area contributed by atoms with Crippen molar-refractivity contribution in [2.45, 2.75) is 51.0 Å². The standard InChI is InChI=1S/C16H24N2/c1-18-8-7-15-13(11-18)9-14(17)10-16(15)12-5-3-2-4-6-12/h9-10,12H,2-8,11,17H2,1H3. The van der Waals surface area contributed by atoms with Crippen molar-refractivity contribution in [3.63, 3.8) is 0 Å². The number of anilines is 1. The van der Waals surface area contributed by atoms with Gasteiger partial charge in [0.15, 0.2) is 0 Å². The zero-order valence-electron chi connectivity index (χ0n) is 11.4. The van der Waals surface area contributed by atoms with Gasteiger partial charge in [0, 0.05) is 18.8 Å². The van der Waals surface area contributed by atoms with E-state index in [9.17, 15) is 0 Å². The Labute approximate surface area is 110 Å². The third kappa shape index (κ3) is 2.26. The van der Waals surface area contributed by atoms with Crippen molar-refractivity contribution in [2.24, 2.45) is 0 Å². The summed E-state index contributed by atoms with van der Waals surface area (Å²) >= 11 is 0. The summed E-state index contributed by atoms with van der Waals surface area (Å²) in [7, 11) is 2.20. The van der Waals surface area contributed by atoms with Gasteiger partial charge in [-0.2, -0.15) is 0 Å². The van der Waals surface area contributed by atoms with E-state index in [0.29, 0.717) is 0 Å². The summed E-state index contributed by atoms with van der Waals surface area (Å²) in [6, 6.07) is 4.46. The van der Waals surface area contributed by atoms with Crippen molar-refractivity contribution in [3.05, 3.63) is 28.8 Å². The number of hydrogen-bond acceptors (Lipinski definition) is 2. The summed E-state index contributed by atoms with van der Waals surface area (Å²) in [5, 5.41) is 0. The van der Waals surface area contributed by atoms with E-state index in [1.807, 2.05) is 0 Å². The van der Waals surface area contributed by atoms with Gasteiger partial charge in [-0.25, -0.2) is 0 Å². The lowest BCUT2D eigenvalue weighted by Gasteiger charge is -2.31. The Hall–Kier alpha value is -1.02. The van der Waals surface area contributed by atoms with Gasteiger partial charge in [0.2, 0.25) is 0 Å². The molecule has 0 aromatic heterocycles. The van der Waals surface area contributed by atoms with E-state index in [1.165, 1.54) is 50.6 Å². The predicted molar refractivity (Wildman–Crippen MR) is 76.7 cm³/mol. The van der Waals surface area contributed by atoms with E-state index in [1.54, 1.807) is 11.1 Å². The number of benzene rings is 1. The fourth-order valence-corrected chi connectivity index (χ4v) is 3.68. The van der Waals surface area contributed by atoms with Gasteiger partial charge in [-0.1, -0.05) is 19.3 Å². The SMILES string of the molecule is CN1CCc2c(cc(N)cc2C2CCCCC2)C1. The maximum atomic E-state index is 6.12. The summed E-state index contributed by atoms with van der Waals surface area (Å²) in [5.41, 5.74) is 11.8. The Morgan fingerprint density at radius 3 is 2.72 bits per heavy atom. The summed E-state index contributed by atoms with van der Waals surface area (Å²) in [5.74, 6) is 0.777. The first-order valence-corrected chi connectivity index (χ1v) is 7.34. The zero-order chi connectivity index (χ0) is 12.5. The average molecular weight is 244 g/mol. The van der Waals surface area contributed by atoms with Crippen LogP contribution in [0.2, 0.25) is 0 Å². The van der Waals surface area contributed by atoms with E-state index in [-0.39, 0.29) is 0 Å². The number of hydrogen-bond donors (Lipinski definition) is 1. The van der Waals surface area contributed by atoms with E-state index in [4.69, 9.17) is 5.73 Å². The van der Waals surface area contributed by atoms with Crippen molar-refractivity contribution in [1.82, 2.24) is 4.90 Å². The molecule has 2 N–H and O–H groups in total. The molecule has 2 nitrogen and oxygen atoms in total. The summed E-state index contributed by atoms with van der Waals surface area (Å²) in [6.07, 6.45) is 8.15. The second-order valence-corrected chi connectivity index (χ2v) is 6.07. The molecule has 0 spiro atoms. The molecule has 2 heteroatoms. The Kier molecular flexibility index (Phi) is 3.29. The fraction of sp³-hybridized carbons (Fsp3) is 0.625. The van der Waals surface area contributed by atoms with Crippen molar-refractivity contribution in [1.29, 1.82) is 0 Å². The first kappa shape index (κ1) is 12.0. The minimum atomic E-state index is 0.777. The van der Waals surface area contributed by atoms with Crippen molar-refractivity contribution in [2.75, 3.05) is 19.3 Å². The number of likely N-dealkylation sites (N-methyl/N-ethyl adjacent to an activating group) is 1. The highest BCUT2D eigenvalue weighted by Gasteiger charge is 2.23. The molecule has 0 unspecified atom stereocenters. The Morgan fingerprint density at radius 2 is 1.94 bits per heavy atom. The van der Waals surface area contributed by atoms with Crippen LogP contribution in [-0.4, -0.2) is 18.5 Å². The smallest absolute Gasteiger partial charge is 0.0320 e. The van der Waals surface area contributed by atoms with Gasteiger partial charge in [0.05, 0.1) is 0 Å². The molecule has 1 aromatic rings. The van der Waals surface area contributed by atoms with Gasteiger partial charge in [-0.15, -0.1) is 0 Å². The van der Waals surface area contributed by atoms with E-state index >= 15 is 0 Å². The van der Waals surface area contributed by atoms with Crippen LogP contribution in [0.15, 0.2) is 12.1 Å².